The molecule has 0 aliphatic carbocycles. The SMILES string of the molecule is COC(=O)c1c(NC(=S)NCCCN2CCCC2=O)sc(C)c1-c1ccccc1. The van der Waals surface area contributed by atoms with Gasteiger partial charge >= 0.3 is 5.97 Å². The van der Waals surface area contributed by atoms with Crippen molar-refractivity contribution in [3.63, 3.8) is 0 Å². The number of amides is 1. The molecule has 6 nitrogen and oxygen atoms in total. The van der Waals surface area contributed by atoms with Gasteiger partial charge in [-0.2, -0.15) is 0 Å². The van der Waals surface area contributed by atoms with Gasteiger partial charge < -0.3 is 20.3 Å². The van der Waals surface area contributed by atoms with E-state index in [2.05, 4.69) is 10.6 Å². The van der Waals surface area contributed by atoms with Crippen LogP contribution in [0.2, 0.25) is 0 Å². The molecule has 1 saturated heterocycles. The number of nitrogens with one attached hydrogen (secondary N) is 2. The highest BCUT2D eigenvalue weighted by Crippen LogP contribution is 2.40. The number of methoxy groups -OCH3 is 1. The first kappa shape index (κ1) is 21.3. The van der Waals surface area contributed by atoms with Crippen LogP contribution in [0, 0.1) is 6.92 Å². The van der Waals surface area contributed by atoms with E-state index in [9.17, 15) is 9.59 Å². The van der Waals surface area contributed by atoms with Crippen LogP contribution in [-0.2, 0) is 9.53 Å². The average Bonchev–Trinajstić information content (AvgIpc) is 3.27. The third kappa shape index (κ3) is 5.13. The van der Waals surface area contributed by atoms with Crippen molar-refractivity contribution in [3.05, 3.63) is 40.8 Å². The van der Waals surface area contributed by atoms with Gasteiger partial charge in [-0.3, -0.25) is 4.79 Å². The summed E-state index contributed by atoms with van der Waals surface area (Å²) in [6.07, 6.45) is 2.42. The van der Waals surface area contributed by atoms with E-state index in [0.717, 1.165) is 41.9 Å². The van der Waals surface area contributed by atoms with E-state index in [1.54, 1.807) is 0 Å². The summed E-state index contributed by atoms with van der Waals surface area (Å²) in [7, 11) is 1.38. The van der Waals surface area contributed by atoms with Gasteiger partial charge in [-0.1, -0.05) is 30.3 Å². The zero-order chi connectivity index (χ0) is 20.8. The number of carbonyl (C=O) groups is 2. The summed E-state index contributed by atoms with van der Waals surface area (Å²) in [6, 6.07) is 9.77. The summed E-state index contributed by atoms with van der Waals surface area (Å²) in [5.41, 5.74) is 2.32. The second-order valence-electron chi connectivity index (χ2n) is 6.81. The second-order valence-corrected chi connectivity index (χ2v) is 8.45. The first-order valence-electron chi connectivity index (χ1n) is 9.61. The van der Waals surface area contributed by atoms with Crippen LogP contribution in [0.1, 0.15) is 34.5 Å². The number of hydrogen-bond acceptors (Lipinski definition) is 5. The van der Waals surface area contributed by atoms with Crippen LogP contribution in [0.25, 0.3) is 11.1 Å². The van der Waals surface area contributed by atoms with Gasteiger partial charge in [0.1, 0.15) is 10.6 Å². The van der Waals surface area contributed by atoms with Crippen molar-refractivity contribution in [2.45, 2.75) is 26.2 Å². The molecule has 8 heteroatoms. The first-order valence-corrected chi connectivity index (χ1v) is 10.8. The molecule has 0 bridgehead atoms. The van der Waals surface area contributed by atoms with Gasteiger partial charge in [0, 0.05) is 36.5 Å². The summed E-state index contributed by atoms with van der Waals surface area (Å²) in [5, 5.41) is 7.43. The zero-order valence-corrected chi connectivity index (χ0v) is 18.3. The van der Waals surface area contributed by atoms with E-state index >= 15 is 0 Å². The summed E-state index contributed by atoms with van der Waals surface area (Å²) in [6.45, 7) is 4.21. The summed E-state index contributed by atoms with van der Waals surface area (Å²) < 4.78 is 5.03. The Labute approximate surface area is 180 Å². The Morgan fingerprint density at radius 2 is 2.07 bits per heavy atom. The Morgan fingerprint density at radius 3 is 2.72 bits per heavy atom. The molecule has 2 N–H and O–H groups in total. The molecule has 1 aliphatic heterocycles. The van der Waals surface area contributed by atoms with Crippen LogP contribution >= 0.6 is 23.6 Å². The minimum Gasteiger partial charge on any atom is -0.465 e. The van der Waals surface area contributed by atoms with Crippen molar-refractivity contribution >= 4 is 45.5 Å². The number of hydrogen-bond donors (Lipinski definition) is 2. The fraction of sp³-hybridized carbons (Fsp3) is 0.381. The van der Waals surface area contributed by atoms with Crippen molar-refractivity contribution in [2.24, 2.45) is 0 Å². The van der Waals surface area contributed by atoms with Gasteiger partial charge in [0.05, 0.1) is 7.11 Å². The van der Waals surface area contributed by atoms with Crippen molar-refractivity contribution in [1.29, 1.82) is 0 Å². The minimum atomic E-state index is -0.397. The zero-order valence-electron chi connectivity index (χ0n) is 16.6. The average molecular weight is 432 g/mol. The number of anilines is 1. The number of aryl methyl sites for hydroxylation is 1. The maximum absolute atomic E-state index is 12.5. The number of carbonyl (C=O) groups excluding carboxylic acids is 2. The van der Waals surface area contributed by atoms with E-state index in [1.165, 1.54) is 18.4 Å². The van der Waals surface area contributed by atoms with Crippen molar-refractivity contribution in [1.82, 2.24) is 10.2 Å². The Balaban J connectivity index is 1.66. The Morgan fingerprint density at radius 1 is 1.31 bits per heavy atom. The van der Waals surface area contributed by atoms with Gasteiger partial charge in [-0.25, -0.2) is 4.79 Å². The van der Waals surface area contributed by atoms with Crippen LogP contribution in [0.5, 0.6) is 0 Å². The lowest BCUT2D eigenvalue weighted by Crippen LogP contribution is -2.33. The number of likely N-dealkylation sites (tertiary alicyclic amines) is 1. The summed E-state index contributed by atoms with van der Waals surface area (Å²) in [5.74, 6) is -0.165. The van der Waals surface area contributed by atoms with E-state index in [1.807, 2.05) is 42.2 Å². The molecule has 3 rings (SSSR count). The molecule has 0 spiro atoms. The largest absolute Gasteiger partial charge is 0.465 e. The van der Waals surface area contributed by atoms with Crippen LogP contribution in [0.3, 0.4) is 0 Å². The number of esters is 1. The molecule has 1 fully saturated rings. The highest BCUT2D eigenvalue weighted by Gasteiger charge is 2.24. The lowest BCUT2D eigenvalue weighted by Gasteiger charge is -2.16. The molecule has 29 heavy (non-hydrogen) atoms. The quantitative estimate of drug-likeness (QED) is 0.395. The first-order chi connectivity index (χ1) is 14.0. The third-order valence-corrected chi connectivity index (χ3v) is 6.09. The number of nitrogens with zero attached hydrogens (tertiary/aromatic N) is 1. The normalized spacial score (nSPS) is 13.4. The summed E-state index contributed by atoms with van der Waals surface area (Å²) >= 11 is 6.89. The van der Waals surface area contributed by atoms with Gasteiger partial charge in [0.2, 0.25) is 5.91 Å². The highest BCUT2D eigenvalue weighted by molar-refractivity contribution is 7.80. The Hall–Kier alpha value is -2.45. The molecular formula is C21H25N3O3S2. The monoisotopic (exact) mass is 431 g/mol. The Kier molecular flexibility index (Phi) is 7.22. The smallest absolute Gasteiger partial charge is 0.341 e. The fourth-order valence-electron chi connectivity index (χ4n) is 3.44. The van der Waals surface area contributed by atoms with Gasteiger partial charge in [-0.05, 0) is 37.5 Å². The molecule has 154 valence electrons. The fourth-order valence-corrected chi connectivity index (χ4v) is 4.78. The second kappa shape index (κ2) is 9.84. The maximum Gasteiger partial charge on any atom is 0.341 e. The number of benzene rings is 1. The third-order valence-electron chi connectivity index (χ3n) is 4.83. The van der Waals surface area contributed by atoms with E-state index in [0.29, 0.717) is 28.6 Å². The summed E-state index contributed by atoms with van der Waals surface area (Å²) in [4.78, 5) is 27.1. The molecular weight excluding hydrogens is 406 g/mol. The van der Waals surface area contributed by atoms with Gasteiger partial charge in [0.15, 0.2) is 5.11 Å². The standard InChI is InChI=1S/C21H25N3O3S2/c1-14-17(15-8-4-3-5-9-15)18(20(26)27-2)19(29-14)23-21(28)22-11-7-13-24-12-6-10-16(24)25/h3-5,8-9H,6-7,10-13H2,1-2H3,(H2,22,23,28). The molecule has 0 saturated carbocycles. The molecule has 0 radical (unpaired) electrons. The van der Waals surface area contributed by atoms with Crippen LogP contribution in [0.4, 0.5) is 5.00 Å². The van der Waals surface area contributed by atoms with Gasteiger partial charge in [0.25, 0.3) is 0 Å². The van der Waals surface area contributed by atoms with E-state index in [4.69, 9.17) is 17.0 Å². The molecule has 1 aliphatic rings. The van der Waals surface area contributed by atoms with E-state index in [-0.39, 0.29) is 5.91 Å². The molecule has 0 unspecified atom stereocenters. The van der Waals surface area contributed by atoms with Crippen molar-refractivity contribution in [3.8, 4) is 11.1 Å². The molecule has 1 amide bonds. The van der Waals surface area contributed by atoms with Crippen molar-refractivity contribution < 1.29 is 14.3 Å². The highest BCUT2D eigenvalue weighted by atomic mass is 32.1. The number of thiophene rings is 1. The van der Waals surface area contributed by atoms with Gasteiger partial charge in [-0.15, -0.1) is 11.3 Å². The number of ether oxygens (including phenoxy) is 1. The van der Waals surface area contributed by atoms with Crippen LogP contribution < -0.4 is 10.6 Å². The van der Waals surface area contributed by atoms with Crippen molar-refractivity contribution in [2.75, 3.05) is 32.1 Å². The Bertz CT molecular complexity index is 896. The lowest BCUT2D eigenvalue weighted by atomic mass is 10.0. The topological polar surface area (TPSA) is 70.7 Å². The molecule has 0 atom stereocenters. The molecule has 2 aromatic rings. The minimum absolute atomic E-state index is 0.232. The van der Waals surface area contributed by atoms with Crippen LogP contribution in [-0.4, -0.2) is 48.6 Å². The molecule has 2 heterocycles. The van der Waals surface area contributed by atoms with E-state index < -0.39 is 5.97 Å². The molecule has 1 aromatic heterocycles. The maximum atomic E-state index is 12.5. The predicted molar refractivity (Wildman–Crippen MR) is 120 cm³/mol. The van der Waals surface area contributed by atoms with Crippen LogP contribution in [0.15, 0.2) is 30.3 Å². The number of thiocarbonyl (C=S) groups is 1. The predicted octanol–water partition coefficient (Wildman–Crippen LogP) is 3.81. The lowest BCUT2D eigenvalue weighted by molar-refractivity contribution is -0.127. The number of rotatable bonds is 7. The molecule has 1 aromatic carbocycles.